The third-order valence-electron chi connectivity index (χ3n) is 2.64. The molecule has 0 bridgehead atoms. The molecule has 0 radical (unpaired) electrons. The molecule has 0 aliphatic rings. The van der Waals surface area contributed by atoms with E-state index in [0.29, 0.717) is 26.2 Å². The van der Waals surface area contributed by atoms with Crippen LogP contribution < -0.4 is 16.0 Å². The van der Waals surface area contributed by atoms with Crippen LogP contribution in [-0.4, -0.2) is 71.5 Å². The predicted octanol–water partition coefficient (Wildman–Crippen LogP) is -1.45. The van der Waals surface area contributed by atoms with Crippen molar-refractivity contribution in [3.8, 4) is 0 Å². The first-order chi connectivity index (χ1) is 9.82. The molecule has 2 atom stereocenters. The molecule has 0 saturated heterocycles. The lowest BCUT2D eigenvalue weighted by atomic mass is 10.2. The Hall–Kier alpha value is -1.71. The number of aliphatic carboxylic acids is 3. The van der Waals surface area contributed by atoms with Crippen molar-refractivity contribution in [1.82, 2.24) is 16.0 Å². The lowest BCUT2D eigenvalue weighted by Gasteiger charge is -2.14. The summed E-state index contributed by atoms with van der Waals surface area (Å²) in [5, 5.41) is 34.6. The molecule has 0 aliphatic heterocycles. The van der Waals surface area contributed by atoms with E-state index in [2.05, 4.69) is 16.0 Å². The molecule has 21 heavy (non-hydrogen) atoms. The molecule has 0 rings (SSSR count). The highest BCUT2D eigenvalue weighted by atomic mass is 16.4. The van der Waals surface area contributed by atoms with E-state index >= 15 is 0 Å². The molecule has 0 spiro atoms. The van der Waals surface area contributed by atoms with Crippen molar-refractivity contribution >= 4 is 17.9 Å². The molecule has 0 aliphatic carbocycles. The second-order valence-corrected chi connectivity index (χ2v) is 4.65. The fourth-order valence-electron chi connectivity index (χ4n) is 1.62. The largest absolute Gasteiger partial charge is 0.481 e. The van der Waals surface area contributed by atoms with Gasteiger partial charge in [-0.1, -0.05) is 0 Å². The fraction of sp³-hybridized carbons (Fsp3) is 0.750. The molecule has 6 N–H and O–H groups in total. The van der Waals surface area contributed by atoms with Gasteiger partial charge in [0.2, 0.25) is 0 Å². The maximum Gasteiger partial charge on any atom is 0.321 e. The van der Waals surface area contributed by atoms with E-state index in [9.17, 15) is 14.4 Å². The molecular weight excluding hydrogens is 282 g/mol. The minimum atomic E-state index is -1.19. The van der Waals surface area contributed by atoms with Gasteiger partial charge >= 0.3 is 17.9 Å². The number of hydrogen-bond acceptors (Lipinski definition) is 6. The molecule has 0 saturated carbocycles. The minimum Gasteiger partial charge on any atom is -0.481 e. The average molecular weight is 305 g/mol. The average Bonchev–Trinajstić information content (AvgIpc) is 2.34. The van der Waals surface area contributed by atoms with Crippen LogP contribution in [0.25, 0.3) is 0 Å². The van der Waals surface area contributed by atoms with Gasteiger partial charge in [0.25, 0.3) is 0 Å². The number of carboxylic acids is 3. The second kappa shape index (κ2) is 11.0. The summed E-state index contributed by atoms with van der Waals surface area (Å²) in [6.07, 6.45) is -0.416. The van der Waals surface area contributed by atoms with E-state index in [4.69, 9.17) is 15.3 Å². The van der Waals surface area contributed by atoms with Gasteiger partial charge in [0.1, 0.15) is 6.04 Å². The van der Waals surface area contributed by atoms with Gasteiger partial charge in [0.15, 0.2) is 0 Å². The molecular formula is C12H23N3O6. The molecule has 122 valence electrons. The Balaban J connectivity index is 3.60. The molecule has 0 amide bonds. The monoisotopic (exact) mass is 305 g/mol. The van der Waals surface area contributed by atoms with Gasteiger partial charge in [-0.15, -0.1) is 0 Å². The summed E-state index contributed by atoms with van der Waals surface area (Å²) >= 11 is 0. The molecule has 0 aromatic carbocycles. The molecule has 0 aromatic heterocycles. The Morgan fingerprint density at radius 3 is 1.86 bits per heavy atom. The van der Waals surface area contributed by atoms with Crippen LogP contribution in [-0.2, 0) is 14.4 Å². The second-order valence-electron chi connectivity index (χ2n) is 4.65. The highest BCUT2D eigenvalue weighted by Crippen LogP contribution is 1.91. The minimum absolute atomic E-state index is 0.0526. The lowest BCUT2D eigenvalue weighted by Crippen LogP contribution is -2.42. The molecule has 9 heteroatoms. The Bertz CT molecular complexity index is 350. The lowest BCUT2D eigenvalue weighted by molar-refractivity contribution is -0.145. The highest BCUT2D eigenvalue weighted by Gasteiger charge is 2.19. The highest BCUT2D eigenvalue weighted by molar-refractivity contribution is 5.80. The van der Waals surface area contributed by atoms with Gasteiger partial charge in [0, 0.05) is 32.2 Å². The van der Waals surface area contributed by atoms with Crippen molar-refractivity contribution < 1.29 is 29.7 Å². The zero-order valence-electron chi connectivity index (χ0n) is 12.0. The van der Waals surface area contributed by atoms with Crippen molar-refractivity contribution in [1.29, 1.82) is 0 Å². The van der Waals surface area contributed by atoms with Crippen molar-refractivity contribution in [2.45, 2.75) is 31.8 Å². The molecule has 0 heterocycles. The number of rotatable bonds is 13. The third kappa shape index (κ3) is 11.8. The summed E-state index contributed by atoms with van der Waals surface area (Å²) in [6, 6.07) is -1.22. The predicted molar refractivity (Wildman–Crippen MR) is 74.3 cm³/mol. The quantitative estimate of drug-likeness (QED) is 0.225. The van der Waals surface area contributed by atoms with E-state index < -0.39 is 30.4 Å². The van der Waals surface area contributed by atoms with Crippen LogP contribution >= 0.6 is 0 Å². The van der Waals surface area contributed by atoms with Crippen LogP contribution in [0.1, 0.15) is 19.8 Å². The smallest absolute Gasteiger partial charge is 0.321 e. The standard InChI is InChI=1S/C12H23N3O6/c1-8(6-10(16)17)14-4-2-13-3-5-15-9(12(20)21)7-11(18)19/h8-9,13-15H,2-7H2,1H3,(H,16,17)(H,18,19)(H,20,21). The Kier molecular flexibility index (Phi) is 10.1. The van der Waals surface area contributed by atoms with E-state index in [1.54, 1.807) is 6.92 Å². The number of hydrogen-bond donors (Lipinski definition) is 6. The molecule has 0 aromatic rings. The van der Waals surface area contributed by atoms with Crippen LogP contribution in [0.15, 0.2) is 0 Å². The van der Waals surface area contributed by atoms with Gasteiger partial charge < -0.3 is 31.3 Å². The summed E-state index contributed by atoms with van der Waals surface area (Å²) in [4.78, 5) is 31.6. The Labute approximate surface area is 122 Å². The first-order valence-electron chi connectivity index (χ1n) is 6.66. The molecule has 0 fully saturated rings. The van der Waals surface area contributed by atoms with E-state index in [1.165, 1.54) is 0 Å². The van der Waals surface area contributed by atoms with Gasteiger partial charge in [-0.05, 0) is 6.92 Å². The maximum absolute atomic E-state index is 10.8. The zero-order chi connectivity index (χ0) is 16.3. The zero-order valence-corrected chi connectivity index (χ0v) is 12.0. The van der Waals surface area contributed by atoms with E-state index in [-0.39, 0.29) is 12.5 Å². The molecule has 9 nitrogen and oxygen atoms in total. The van der Waals surface area contributed by atoms with Gasteiger partial charge in [0.05, 0.1) is 12.8 Å². The Morgan fingerprint density at radius 1 is 0.857 bits per heavy atom. The normalized spacial score (nSPS) is 13.6. The van der Waals surface area contributed by atoms with Crippen LogP contribution in [0, 0.1) is 0 Å². The summed E-state index contributed by atoms with van der Waals surface area (Å²) in [7, 11) is 0. The van der Waals surface area contributed by atoms with Crippen LogP contribution in [0.5, 0.6) is 0 Å². The van der Waals surface area contributed by atoms with Crippen molar-refractivity contribution in [2.24, 2.45) is 0 Å². The third-order valence-corrected chi connectivity index (χ3v) is 2.64. The first-order valence-corrected chi connectivity index (χ1v) is 6.66. The van der Waals surface area contributed by atoms with Crippen molar-refractivity contribution in [2.75, 3.05) is 26.2 Å². The number of carbonyl (C=O) groups is 3. The Morgan fingerprint density at radius 2 is 1.38 bits per heavy atom. The van der Waals surface area contributed by atoms with Crippen LogP contribution in [0.2, 0.25) is 0 Å². The summed E-state index contributed by atoms with van der Waals surface area (Å²) in [5.74, 6) is -3.22. The fourth-order valence-corrected chi connectivity index (χ4v) is 1.62. The van der Waals surface area contributed by atoms with E-state index in [1.807, 2.05) is 0 Å². The van der Waals surface area contributed by atoms with E-state index in [0.717, 1.165) is 0 Å². The van der Waals surface area contributed by atoms with Gasteiger partial charge in [-0.3, -0.25) is 14.4 Å². The number of nitrogens with one attached hydrogen (secondary N) is 3. The van der Waals surface area contributed by atoms with Gasteiger partial charge in [-0.25, -0.2) is 0 Å². The SMILES string of the molecule is CC(CC(=O)O)NCCNCCNC(CC(=O)O)C(=O)O. The summed E-state index contributed by atoms with van der Waals surface area (Å²) in [6.45, 7) is 3.78. The molecule has 2 unspecified atom stereocenters. The van der Waals surface area contributed by atoms with Crippen LogP contribution in [0.3, 0.4) is 0 Å². The summed E-state index contributed by atoms with van der Waals surface area (Å²) < 4.78 is 0. The summed E-state index contributed by atoms with van der Waals surface area (Å²) in [5.41, 5.74) is 0. The first kappa shape index (κ1) is 19.3. The number of carboxylic acid groups (broad SMARTS) is 3. The van der Waals surface area contributed by atoms with Crippen molar-refractivity contribution in [3.63, 3.8) is 0 Å². The van der Waals surface area contributed by atoms with Crippen molar-refractivity contribution in [3.05, 3.63) is 0 Å². The topological polar surface area (TPSA) is 148 Å². The maximum atomic E-state index is 10.8. The van der Waals surface area contributed by atoms with Crippen LogP contribution in [0.4, 0.5) is 0 Å². The van der Waals surface area contributed by atoms with Gasteiger partial charge in [-0.2, -0.15) is 0 Å².